The lowest BCUT2D eigenvalue weighted by Gasteiger charge is -2.22. The van der Waals surface area contributed by atoms with Crippen LogP contribution in [0.4, 0.5) is 0 Å². The number of hydrogen-bond acceptors (Lipinski definition) is 4. The number of halogens is 1. The Labute approximate surface area is 185 Å². The van der Waals surface area contributed by atoms with Gasteiger partial charge in [-0.1, -0.05) is 18.2 Å². The van der Waals surface area contributed by atoms with Crippen LogP contribution >= 0.6 is 24.0 Å². The number of ether oxygens (including phenoxy) is 3. The average Bonchev–Trinajstić information content (AvgIpc) is 3.54. The molecule has 158 valence electrons. The highest BCUT2D eigenvalue weighted by Crippen LogP contribution is 2.30. The third-order valence-corrected chi connectivity index (χ3v) is 4.95. The molecular formula is C21H34IN3O3. The summed E-state index contributed by atoms with van der Waals surface area (Å²) in [5.74, 6) is 2.53. The zero-order chi connectivity index (χ0) is 18.7. The Bertz CT molecular complexity index is 590. The van der Waals surface area contributed by atoms with Gasteiger partial charge in [-0.25, -0.2) is 0 Å². The lowest BCUT2D eigenvalue weighted by molar-refractivity contribution is -0.0320. The van der Waals surface area contributed by atoms with Gasteiger partial charge in [0.05, 0.1) is 12.7 Å². The predicted octanol–water partition coefficient (Wildman–Crippen LogP) is 3.34. The van der Waals surface area contributed by atoms with Crippen molar-refractivity contribution in [2.75, 3.05) is 40.0 Å². The summed E-state index contributed by atoms with van der Waals surface area (Å²) in [5, 5.41) is 6.72. The third-order valence-electron chi connectivity index (χ3n) is 4.95. The molecule has 0 amide bonds. The van der Waals surface area contributed by atoms with Gasteiger partial charge in [0.15, 0.2) is 5.96 Å². The summed E-state index contributed by atoms with van der Waals surface area (Å²) in [7, 11) is 1.79. The molecule has 2 N–H and O–H groups in total. The van der Waals surface area contributed by atoms with Gasteiger partial charge in [0.1, 0.15) is 5.75 Å². The predicted molar refractivity (Wildman–Crippen MR) is 123 cm³/mol. The molecule has 0 atom stereocenters. The SMILES string of the molecule is CN=C(NCCCOC1CCOCC1)NCc1ccccc1OCC1CC1.I. The maximum absolute atomic E-state index is 5.97. The van der Waals surface area contributed by atoms with Crippen LogP contribution < -0.4 is 15.4 Å². The molecule has 7 heteroatoms. The number of hydrogen-bond donors (Lipinski definition) is 2. The van der Waals surface area contributed by atoms with E-state index in [1.54, 1.807) is 7.05 Å². The van der Waals surface area contributed by atoms with Crippen LogP contribution in [0.3, 0.4) is 0 Å². The van der Waals surface area contributed by atoms with Crippen LogP contribution in [-0.4, -0.2) is 52.1 Å². The lowest BCUT2D eigenvalue weighted by Crippen LogP contribution is -2.37. The maximum Gasteiger partial charge on any atom is 0.191 e. The van der Waals surface area contributed by atoms with Crippen molar-refractivity contribution in [1.82, 2.24) is 10.6 Å². The molecule has 3 rings (SSSR count). The van der Waals surface area contributed by atoms with Crippen LogP contribution in [0.1, 0.15) is 37.7 Å². The Morgan fingerprint density at radius 2 is 1.93 bits per heavy atom. The first-order valence-corrected chi connectivity index (χ1v) is 10.2. The molecule has 1 aliphatic heterocycles. The van der Waals surface area contributed by atoms with Crippen LogP contribution in [0.5, 0.6) is 5.75 Å². The Morgan fingerprint density at radius 3 is 2.68 bits per heavy atom. The number of aliphatic imine (C=N–C) groups is 1. The highest BCUT2D eigenvalue weighted by molar-refractivity contribution is 14.0. The van der Waals surface area contributed by atoms with Gasteiger partial charge in [-0.2, -0.15) is 0 Å². The summed E-state index contributed by atoms with van der Waals surface area (Å²) in [6.07, 6.45) is 5.95. The zero-order valence-electron chi connectivity index (χ0n) is 16.8. The number of nitrogens with one attached hydrogen (secondary N) is 2. The van der Waals surface area contributed by atoms with Gasteiger partial charge in [-0.15, -0.1) is 24.0 Å². The highest BCUT2D eigenvalue weighted by atomic mass is 127. The first kappa shape index (κ1) is 23.2. The Kier molecular flexibility index (Phi) is 11.0. The van der Waals surface area contributed by atoms with Gasteiger partial charge in [0.25, 0.3) is 0 Å². The average molecular weight is 503 g/mol. The summed E-state index contributed by atoms with van der Waals surface area (Å²) in [6.45, 7) is 4.78. The normalized spacial score (nSPS) is 17.7. The fourth-order valence-electron chi connectivity index (χ4n) is 3.05. The van der Waals surface area contributed by atoms with Gasteiger partial charge in [-0.05, 0) is 44.1 Å². The highest BCUT2D eigenvalue weighted by Gasteiger charge is 2.22. The first-order valence-electron chi connectivity index (χ1n) is 10.2. The van der Waals surface area contributed by atoms with E-state index in [4.69, 9.17) is 14.2 Å². The molecular weight excluding hydrogens is 469 g/mol. The summed E-state index contributed by atoms with van der Waals surface area (Å²) in [5.41, 5.74) is 1.16. The molecule has 1 aromatic rings. The molecule has 0 radical (unpaired) electrons. The van der Waals surface area contributed by atoms with E-state index in [0.717, 1.165) is 75.4 Å². The van der Waals surface area contributed by atoms with E-state index in [0.29, 0.717) is 12.6 Å². The van der Waals surface area contributed by atoms with E-state index < -0.39 is 0 Å². The second-order valence-electron chi connectivity index (χ2n) is 7.25. The molecule has 0 aromatic heterocycles. The Morgan fingerprint density at radius 1 is 1.14 bits per heavy atom. The van der Waals surface area contributed by atoms with Crippen molar-refractivity contribution in [1.29, 1.82) is 0 Å². The smallest absolute Gasteiger partial charge is 0.191 e. The number of guanidine groups is 1. The fraction of sp³-hybridized carbons (Fsp3) is 0.667. The molecule has 1 saturated carbocycles. The first-order chi connectivity index (χ1) is 13.3. The molecule has 28 heavy (non-hydrogen) atoms. The maximum atomic E-state index is 5.97. The topological polar surface area (TPSA) is 64.1 Å². The summed E-state index contributed by atoms with van der Waals surface area (Å²) >= 11 is 0. The molecule has 2 aliphatic rings. The van der Waals surface area contributed by atoms with E-state index in [-0.39, 0.29) is 24.0 Å². The van der Waals surface area contributed by atoms with E-state index in [2.05, 4.69) is 21.7 Å². The van der Waals surface area contributed by atoms with Crippen LogP contribution in [0.25, 0.3) is 0 Å². The van der Waals surface area contributed by atoms with Crippen molar-refractivity contribution in [2.45, 2.75) is 44.8 Å². The zero-order valence-corrected chi connectivity index (χ0v) is 19.2. The standard InChI is InChI=1S/C21H33N3O3.HI/c1-22-21(23-11-4-12-26-19-9-13-25-14-10-19)24-15-18-5-2-3-6-20(18)27-16-17-7-8-17;/h2-3,5-6,17,19H,4,7-16H2,1H3,(H2,22,23,24);1H. The van der Waals surface area contributed by atoms with Gasteiger partial charge in [-0.3, -0.25) is 4.99 Å². The Balaban J connectivity index is 0.00000280. The molecule has 6 nitrogen and oxygen atoms in total. The quantitative estimate of drug-likeness (QED) is 0.222. The van der Waals surface area contributed by atoms with Crippen LogP contribution in [0, 0.1) is 5.92 Å². The lowest BCUT2D eigenvalue weighted by atomic mass is 10.1. The molecule has 1 aromatic carbocycles. The summed E-state index contributed by atoms with van der Waals surface area (Å²) in [4.78, 5) is 4.30. The number of nitrogens with zero attached hydrogens (tertiary/aromatic N) is 1. The minimum absolute atomic E-state index is 0. The van der Waals surface area contributed by atoms with Crippen LogP contribution in [0.2, 0.25) is 0 Å². The molecule has 0 unspecified atom stereocenters. The van der Waals surface area contributed by atoms with Gasteiger partial charge in [0, 0.05) is 45.5 Å². The monoisotopic (exact) mass is 503 g/mol. The van der Waals surface area contributed by atoms with Crippen molar-refractivity contribution in [3.8, 4) is 5.75 Å². The van der Waals surface area contributed by atoms with Crippen LogP contribution in [-0.2, 0) is 16.0 Å². The van der Waals surface area contributed by atoms with Gasteiger partial charge < -0.3 is 24.8 Å². The molecule has 1 aliphatic carbocycles. The summed E-state index contributed by atoms with van der Waals surface area (Å²) in [6, 6.07) is 8.22. The van der Waals surface area contributed by atoms with Crippen LogP contribution in [0.15, 0.2) is 29.3 Å². The molecule has 2 fully saturated rings. The number of rotatable bonds is 10. The minimum atomic E-state index is 0. The second kappa shape index (κ2) is 13.2. The molecule has 0 bridgehead atoms. The molecule has 0 spiro atoms. The number of benzene rings is 1. The minimum Gasteiger partial charge on any atom is -0.493 e. The van der Waals surface area contributed by atoms with E-state index >= 15 is 0 Å². The number of para-hydroxylation sites is 1. The second-order valence-corrected chi connectivity index (χ2v) is 7.25. The summed E-state index contributed by atoms with van der Waals surface area (Å²) < 4.78 is 17.2. The van der Waals surface area contributed by atoms with E-state index in [1.165, 1.54) is 12.8 Å². The Hall–Kier alpha value is -1.06. The van der Waals surface area contributed by atoms with Crippen molar-refractivity contribution in [3.05, 3.63) is 29.8 Å². The van der Waals surface area contributed by atoms with E-state index in [9.17, 15) is 0 Å². The third kappa shape index (κ3) is 8.53. The molecule has 1 saturated heterocycles. The van der Waals surface area contributed by atoms with Crippen molar-refractivity contribution < 1.29 is 14.2 Å². The molecule has 1 heterocycles. The van der Waals surface area contributed by atoms with Gasteiger partial charge >= 0.3 is 0 Å². The van der Waals surface area contributed by atoms with Crippen molar-refractivity contribution >= 4 is 29.9 Å². The largest absolute Gasteiger partial charge is 0.493 e. The van der Waals surface area contributed by atoms with E-state index in [1.807, 2.05) is 18.2 Å². The van der Waals surface area contributed by atoms with Crippen molar-refractivity contribution in [2.24, 2.45) is 10.9 Å². The van der Waals surface area contributed by atoms with Gasteiger partial charge in [0.2, 0.25) is 0 Å². The van der Waals surface area contributed by atoms with Crippen molar-refractivity contribution in [3.63, 3.8) is 0 Å². The fourth-order valence-corrected chi connectivity index (χ4v) is 3.05.